The van der Waals surface area contributed by atoms with E-state index in [2.05, 4.69) is 69.8 Å². The van der Waals surface area contributed by atoms with Crippen LogP contribution < -0.4 is 5.32 Å². The lowest BCUT2D eigenvalue weighted by Crippen LogP contribution is -2.44. The van der Waals surface area contributed by atoms with Crippen molar-refractivity contribution in [2.75, 3.05) is 13.1 Å². The van der Waals surface area contributed by atoms with E-state index >= 15 is 0 Å². The number of hydrogen-bond donors (Lipinski definition) is 2. The first kappa shape index (κ1) is 15.4. The Bertz CT molecular complexity index is 778. The van der Waals surface area contributed by atoms with Gasteiger partial charge < -0.3 is 10.3 Å². The van der Waals surface area contributed by atoms with Crippen LogP contribution in [0.2, 0.25) is 0 Å². The molecule has 3 aromatic rings. The van der Waals surface area contributed by atoms with E-state index in [1.165, 1.54) is 41.4 Å². The number of benzene rings is 2. The molecular weight excluding hydrogens is 294 g/mol. The summed E-state index contributed by atoms with van der Waals surface area (Å²) in [5, 5.41) is 5.05. The van der Waals surface area contributed by atoms with Crippen LogP contribution in [0.15, 0.2) is 60.8 Å². The van der Waals surface area contributed by atoms with E-state index in [0.29, 0.717) is 6.04 Å². The fourth-order valence-corrected chi connectivity index (χ4v) is 3.68. The number of aromatic amines is 1. The molecule has 2 heterocycles. The van der Waals surface area contributed by atoms with Gasteiger partial charge in [0, 0.05) is 37.4 Å². The number of likely N-dealkylation sites (tertiary alicyclic amines) is 1. The maximum absolute atomic E-state index is 3.76. The lowest BCUT2D eigenvalue weighted by molar-refractivity contribution is 0.182. The normalized spacial score (nSPS) is 18.9. The zero-order chi connectivity index (χ0) is 16.2. The minimum atomic E-state index is 0.587. The topological polar surface area (TPSA) is 31.1 Å². The van der Waals surface area contributed by atoms with Gasteiger partial charge in [-0.2, -0.15) is 0 Å². The molecule has 1 saturated heterocycles. The Morgan fingerprint density at radius 2 is 1.96 bits per heavy atom. The molecule has 0 radical (unpaired) electrons. The van der Waals surface area contributed by atoms with Crippen LogP contribution in [-0.4, -0.2) is 29.0 Å². The number of nitrogens with zero attached hydrogens (tertiary/aromatic N) is 1. The van der Waals surface area contributed by atoms with E-state index in [4.69, 9.17) is 0 Å². The Morgan fingerprint density at radius 3 is 2.88 bits per heavy atom. The van der Waals surface area contributed by atoms with Gasteiger partial charge in [0.05, 0.1) is 0 Å². The third-order valence-corrected chi connectivity index (χ3v) is 4.97. The van der Waals surface area contributed by atoms with E-state index in [1.807, 2.05) is 6.20 Å². The molecule has 1 aromatic heterocycles. The van der Waals surface area contributed by atoms with Crippen molar-refractivity contribution in [1.82, 2.24) is 15.2 Å². The molecule has 124 valence electrons. The largest absolute Gasteiger partial charge is 0.361 e. The van der Waals surface area contributed by atoms with Crippen molar-refractivity contribution >= 4 is 10.9 Å². The van der Waals surface area contributed by atoms with Crippen LogP contribution in [-0.2, 0) is 13.1 Å². The van der Waals surface area contributed by atoms with Gasteiger partial charge in [0.2, 0.25) is 0 Å². The second-order valence-corrected chi connectivity index (χ2v) is 6.84. The summed E-state index contributed by atoms with van der Waals surface area (Å²) in [5.41, 5.74) is 3.99. The summed E-state index contributed by atoms with van der Waals surface area (Å²) in [7, 11) is 0. The maximum Gasteiger partial charge on any atom is 0.0454 e. The average Bonchev–Trinajstić information content (AvgIpc) is 3.09. The smallest absolute Gasteiger partial charge is 0.0454 e. The molecule has 1 aliphatic rings. The molecule has 1 aliphatic heterocycles. The number of piperidine rings is 1. The highest BCUT2D eigenvalue weighted by Gasteiger charge is 2.19. The summed E-state index contributed by atoms with van der Waals surface area (Å²) in [4.78, 5) is 5.83. The summed E-state index contributed by atoms with van der Waals surface area (Å²) in [5.74, 6) is 0. The van der Waals surface area contributed by atoms with Gasteiger partial charge >= 0.3 is 0 Å². The predicted octanol–water partition coefficient (Wildman–Crippen LogP) is 3.92. The first-order chi connectivity index (χ1) is 11.9. The standard InChI is InChI=1S/C21H25N3/c1-2-5-17(6-3-1)15-24-12-4-7-20(16-24)23-14-18-8-9-21-19(13-18)10-11-22-21/h1-3,5-6,8-11,13,20,22-23H,4,7,12,14-16H2. The van der Waals surface area contributed by atoms with E-state index < -0.39 is 0 Å². The Morgan fingerprint density at radius 1 is 1.04 bits per heavy atom. The fraction of sp³-hybridized carbons (Fsp3) is 0.333. The molecule has 2 aromatic carbocycles. The molecule has 0 spiro atoms. The van der Waals surface area contributed by atoms with Crippen molar-refractivity contribution in [2.24, 2.45) is 0 Å². The Kier molecular flexibility index (Phi) is 4.63. The number of aromatic nitrogens is 1. The monoisotopic (exact) mass is 319 g/mol. The molecule has 1 atom stereocenters. The molecule has 0 bridgehead atoms. The van der Waals surface area contributed by atoms with Gasteiger partial charge in [-0.15, -0.1) is 0 Å². The van der Waals surface area contributed by atoms with Crippen LogP contribution >= 0.6 is 0 Å². The predicted molar refractivity (Wildman–Crippen MR) is 99.9 cm³/mol. The Balaban J connectivity index is 1.32. The highest BCUT2D eigenvalue weighted by Crippen LogP contribution is 2.16. The van der Waals surface area contributed by atoms with Crippen molar-refractivity contribution in [2.45, 2.75) is 32.0 Å². The average molecular weight is 319 g/mol. The van der Waals surface area contributed by atoms with Crippen LogP contribution in [0, 0.1) is 0 Å². The lowest BCUT2D eigenvalue weighted by atomic mass is 10.0. The summed E-state index contributed by atoms with van der Waals surface area (Å²) < 4.78 is 0. The van der Waals surface area contributed by atoms with Crippen LogP contribution in [0.1, 0.15) is 24.0 Å². The summed E-state index contributed by atoms with van der Waals surface area (Å²) >= 11 is 0. The van der Waals surface area contributed by atoms with E-state index in [0.717, 1.165) is 19.6 Å². The van der Waals surface area contributed by atoms with Gasteiger partial charge in [-0.1, -0.05) is 36.4 Å². The molecule has 0 aliphatic carbocycles. The Hall–Kier alpha value is -2.10. The van der Waals surface area contributed by atoms with Crippen LogP contribution in [0.25, 0.3) is 10.9 Å². The molecule has 3 heteroatoms. The van der Waals surface area contributed by atoms with Crippen molar-refractivity contribution in [3.05, 3.63) is 71.9 Å². The lowest BCUT2D eigenvalue weighted by Gasteiger charge is -2.33. The molecule has 1 fully saturated rings. The highest BCUT2D eigenvalue weighted by atomic mass is 15.2. The molecule has 3 nitrogen and oxygen atoms in total. The van der Waals surface area contributed by atoms with Gasteiger partial charge in [-0.3, -0.25) is 4.90 Å². The number of H-pyrrole nitrogens is 1. The highest BCUT2D eigenvalue weighted by molar-refractivity contribution is 5.79. The van der Waals surface area contributed by atoms with Crippen LogP contribution in [0.5, 0.6) is 0 Å². The number of hydrogen-bond acceptors (Lipinski definition) is 2. The molecule has 4 rings (SSSR count). The van der Waals surface area contributed by atoms with E-state index in [1.54, 1.807) is 0 Å². The third-order valence-electron chi connectivity index (χ3n) is 4.97. The number of fused-ring (bicyclic) bond motifs is 1. The first-order valence-electron chi connectivity index (χ1n) is 8.92. The van der Waals surface area contributed by atoms with Crippen molar-refractivity contribution in [3.8, 4) is 0 Å². The second kappa shape index (κ2) is 7.20. The van der Waals surface area contributed by atoms with Gasteiger partial charge in [-0.25, -0.2) is 0 Å². The molecular formula is C21H25N3. The van der Waals surface area contributed by atoms with Crippen molar-refractivity contribution in [1.29, 1.82) is 0 Å². The van der Waals surface area contributed by atoms with E-state index in [9.17, 15) is 0 Å². The first-order valence-corrected chi connectivity index (χ1v) is 8.92. The summed E-state index contributed by atoms with van der Waals surface area (Å²) in [6, 6.07) is 20.2. The molecule has 0 saturated carbocycles. The molecule has 0 amide bonds. The number of nitrogens with one attached hydrogen (secondary N) is 2. The van der Waals surface area contributed by atoms with Crippen LogP contribution in [0.3, 0.4) is 0 Å². The van der Waals surface area contributed by atoms with Gasteiger partial charge in [0.15, 0.2) is 0 Å². The van der Waals surface area contributed by atoms with Crippen LogP contribution in [0.4, 0.5) is 0 Å². The quantitative estimate of drug-likeness (QED) is 0.747. The minimum Gasteiger partial charge on any atom is -0.361 e. The molecule has 1 unspecified atom stereocenters. The zero-order valence-corrected chi connectivity index (χ0v) is 14.0. The minimum absolute atomic E-state index is 0.587. The maximum atomic E-state index is 3.76. The number of rotatable bonds is 5. The van der Waals surface area contributed by atoms with Crippen molar-refractivity contribution in [3.63, 3.8) is 0 Å². The van der Waals surface area contributed by atoms with Gasteiger partial charge in [-0.05, 0) is 54.1 Å². The van der Waals surface area contributed by atoms with E-state index in [-0.39, 0.29) is 0 Å². The second-order valence-electron chi connectivity index (χ2n) is 6.84. The molecule has 2 N–H and O–H groups in total. The summed E-state index contributed by atoms with van der Waals surface area (Å²) in [6.45, 7) is 4.36. The zero-order valence-electron chi connectivity index (χ0n) is 14.0. The molecule has 24 heavy (non-hydrogen) atoms. The SMILES string of the molecule is c1ccc(CN2CCCC(NCc3ccc4[nH]ccc4c3)C2)cc1. The van der Waals surface area contributed by atoms with Gasteiger partial charge in [0.1, 0.15) is 0 Å². The van der Waals surface area contributed by atoms with Gasteiger partial charge in [0.25, 0.3) is 0 Å². The van der Waals surface area contributed by atoms with Crippen molar-refractivity contribution < 1.29 is 0 Å². The third kappa shape index (κ3) is 3.69. The Labute approximate surface area is 143 Å². The fourth-order valence-electron chi connectivity index (χ4n) is 3.68. The summed E-state index contributed by atoms with van der Waals surface area (Å²) in [6.07, 6.45) is 4.56.